The molecule has 0 bridgehead atoms. The van der Waals surface area contributed by atoms with Crippen LogP contribution in [-0.2, 0) is 16.3 Å². The van der Waals surface area contributed by atoms with Gasteiger partial charge in [0.15, 0.2) is 9.84 Å². The second kappa shape index (κ2) is 6.71. The molecule has 0 amide bonds. The van der Waals surface area contributed by atoms with E-state index in [0.717, 1.165) is 23.5 Å². The molecular weight excluding hydrogens is 316 g/mol. The van der Waals surface area contributed by atoms with Crippen molar-refractivity contribution in [1.82, 2.24) is 4.98 Å². The lowest BCUT2D eigenvalue weighted by Gasteiger charge is -2.14. The summed E-state index contributed by atoms with van der Waals surface area (Å²) in [6, 6.07) is 6.71. The zero-order chi connectivity index (χ0) is 16.3. The van der Waals surface area contributed by atoms with Crippen molar-refractivity contribution in [3.05, 3.63) is 41.6 Å². The molecule has 4 nitrogen and oxygen atoms in total. The maximum Gasteiger partial charge on any atom is 0.175 e. The zero-order valence-electron chi connectivity index (χ0n) is 13.2. The number of thioether (sulfide) groups is 1. The second-order valence-electron chi connectivity index (χ2n) is 5.07. The van der Waals surface area contributed by atoms with E-state index in [9.17, 15) is 8.42 Å². The monoisotopic (exact) mass is 336 g/mol. The van der Waals surface area contributed by atoms with Gasteiger partial charge in [0, 0.05) is 28.6 Å². The van der Waals surface area contributed by atoms with Gasteiger partial charge in [0.05, 0.1) is 4.90 Å². The quantitative estimate of drug-likeness (QED) is 0.841. The normalized spacial score (nSPS) is 11.5. The van der Waals surface area contributed by atoms with Crippen LogP contribution in [0.5, 0.6) is 0 Å². The molecular formula is C16H20N2O2S2. The first-order valence-corrected chi connectivity index (χ1v) is 10.1. The molecule has 2 rings (SSSR count). The smallest absolute Gasteiger partial charge is 0.175 e. The van der Waals surface area contributed by atoms with Crippen LogP contribution < -0.4 is 5.32 Å². The van der Waals surface area contributed by atoms with E-state index in [1.54, 1.807) is 36.0 Å². The van der Waals surface area contributed by atoms with Crippen LogP contribution in [-0.4, -0.2) is 25.9 Å². The van der Waals surface area contributed by atoms with Gasteiger partial charge in [-0.3, -0.25) is 0 Å². The third-order valence-electron chi connectivity index (χ3n) is 3.47. The van der Waals surface area contributed by atoms with E-state index < -0.39 is 9.84 Å². The summed E-state index contributed by atoms with van der Waals surface area (Å²) in [5.74, 6) is 0.800. The Morgan fingerprint density at radius 1 is 1.23 bits per heavy atom. The lowest BCUT2D eigenvalue weighted by Crippen LogP contribution is -2.01. The minimum absolute atomic E-state index is 0.314. The van der Waals surface area contributed by atoms with Crippen LogP contribution in [0.2, 0.25) is 0 Å². The topological polar surface area (TPSA) is 59.1 Å². The minimum atomic E-state index is -3.17. The fourth-order valence-electron chi connectivity index (χ4n) is 2.23. The first-order chi connectivity index (χ1) is 10.4. The summed E-state index contributed by atoms with van der Waals surface area (Å²) in [4.78, 5) is 6.04. The van der Waals surface area contributed by atoms with Gasteiger partial charge in [0.25, 0.3) is 0 Å². The van der Waals surface area contributed by atoms with E-state index in [1.807, 2.05) is 13.1 Å². The number of sulfone groups is 1. The van der Waals surface area contributed by atoms with Gasteiger partial charge in [-0.15, -0.1) is 11.8 Å². The van der Waals surface area contributed by atoms with Crippen molar-refractivity contribution in [2.45, 2.75) is 30.1 Å². The zero-order valence-corrected chi connectivity index (χ0v) is 14.8. The van der Waals surface area contributed by atoms with E-state index >= 15 is 0 Å². The predicted molar refractivity (Wildman–Crippen MR) is 93.0 cm³/mol. The summed E-state index contributed by atoms with van der Waals surface area (Å²) in [7, 11) is -3.17. The Labute approximate surface area is 136 Å². The number of pyridine rings is 1. The van der Waals surface area contributed by atoms with Crippen molar-refractivity contribution >= 4 is 33.1 Å². The van der Waals surface area contributed by atoms with Crippen LogP contribution in [0.3, 0.4) is 0 Å². The molecule has 0 aliphatic carbocycles. The van der Waals surface area contributed by atoms with Crippen LogP contribution >= 0.6 is 11.8 Å². The van der Waals surface area contributed by atoms with Crippen molar-refractivity contribution in [3.8, 4) is 0 Å². The van der Waals surface area contributed by atoms with Crippen molar-refractivity contribution in [1.29, 1.82) is 0 Å². The molecule has 2 aromatic rings. The highest BCUT2D eigenvalue weighted by atomic mass is 32.2. The van der Waals surface area contributed by atoms with Crippen LogP contribution in [0.1, 0.15) is 18.1 Å². The fourth-order valence-corrected chi connectivity index (χ4v) is 3.72. The highest BCUT2D eigenvalue weighted by Gasteiger charge is 2.11. The molecule has 6 heteroatoms. The minimum Gasteiger partial charge on any atom is -0.340 e. The van der Waals surface area contributed by atoms with Crippen molar-refractivity contribution in [3.63, 3.8) is 0 Å². The molecule has 1 heterocycles. The van der Waals surface area contributed by atoms with Crippen LogP contribution in [0.25, 0.3) is 0 Å². The maximum absolute atomic E-state index is 11.5. The van der Waals surface area contributed by atoms with E-state index in [2.05, 4.69) is 23.5 Å². The number of rotatable bonds is 5. The van der Waals surface area contributed by atoms with Crippen molar-refractivity contribution in [2.24, 2.45) is 0 Å². The molecule has 22 heavy (non-hydrogen) atoms. The molecule has 0 spiro atoms. The Balaban J connectivity index is 2.31. The molecule has 0 radical (unpaired) electrons. The van der Waals surface area contributed by atoms with Crippen LogP contribution in [0.4, 0.5) is 11.5 Å². The van der Waals surface area contributed by atoms with E-state index in [0.29, 0.717) is 4.90 Å². The molecule has 1 N–H and O–H groups in total. The van der Waals surface area contributed by atoms with E-state index in [1.165, 1.54) is 16.7 Å². The second-order valence-corrected chi connectivity index (χ2v) is 7.90. The fraction of sp³-hybridized carbons (Fsp3) is 0.312. The Bertz CT molecular complexity index is 769. The summed E-state index contributed by atoms with van der Waals surface area (Å²) in [6.07, 6.45) is 6.11. The van der Waals surface area contributed by atoms with Gasteiger partial charge < -0.3 is 5.32 Å². The van der Waals surface area contributed by atoms with Gasteiger partial charge in [-0.25, -0.2) is 13.4 Å². The number of hydrogen-bond donors (Lipinski definition) is 1. The van der Waals surface area contributed by atoms with Crippen LogP contribution in [0.15, 0.2) is 40.3 Å². The van der Waals surface area contributed by atoms with Gasteiger partial charge in [-0.2, -0.15) is 0 Å². The first kappa shape index (κ1) is 16.8. The summed E-state index contributed by atoms with van der Waals surface area (Å²) >= 11 is 1.72. The number of aromatic nitrogens is 1. The summed E-state index contributed by atoms with van der Waals surface area (Å²) in [6.45, 7) is 4.17. The third kappa shape index (κ3) is 3.62. The SMILES string of the molecule is CCc1cnc(Nc2ccc(S(C)(=O)=O)cc2)c(C)c1SC. The van der Waals surface area contributed by atoms with E-state index in [-0.39, 0.29) is 0 Å². The molecule has 118 valence electrons. The van der Waals surface area contributed by atoms with Crippen LogP contribution in [0, 0.1) is 6.92 Å². The van der Waals surface area contributed by atoms with Crippen molar-refractivity contribution < 1.29 is 8.42 Å². The Morgan fingerprint density at radius 2 is 1.86 bits per heavy atom. The number of anilines is 2. The predicted octanol–water partition coefficient (Wildman–Crippen LogP) is 3.82. The summed E-state index contributed by atoms with van der Waals surface area (Å²) < 4.78 is 23.0. The summed E-state index contributed by atoms with van der Waals surface area (Å²) in [5.41, 5.74) is 3.17. The molecule has 0 saturated heterocycles. The average molecular weight is 336 g/mol. The lowest BCUT2D eigenvalue weighted by molar-refractivity contribution is 0.602. The molecule has 0 aliphatic heterocycles. The van der Waals surface area contributed by atoms with Gasteiger partial charge >= 0.3 is 0 Å². The first-order valence-electron chi connectivity index (χ1n) is 6.96. The largest absolute Gasteiger partial charge is 0.340 e. The van der Waals surface area contributed by atoms with Gasteiger partial charge in [0.2, 0.25) is 0 Å². The standard InChI is InChI=1S/C16H20N2O2S2/c1-5-12-10-17-16(11(2)15(12)21-3)18-13-6-8-14(9-7-13)22(4,19)20/h6-10H,5H2,1-4H3,(H,17,18). The van der Waals surface area contributed by atoms with Gasteiger partial charge in [0.1, 0.15) is 5.82 Å². The summed E-state index contributed by atoms with van der Waals surface area (Å²) in [5, 5.41) is 3.26. The van der Waals surface area contributed by atoms with Gasteiger partial charge in [-0.1, -0.05) is 6.92 Å². The molecule has 1 aromatic heterocycles. The van der Waals surface area contributed by atoms with Crippen molar-refractivity contribution in [2.75, 3.05) is 17.8 Å². The molecule has 0 unspecified atom stereocenters. The Kier molecular flexibility index (Phi) is 5.13. The number of hydrogen-bond acceptors (Lipinski definition) is 5. The Morgan fingerprint density at radius 3 is 2.36 bits per heavy atom. The van der Waals surface area contributed by atoms with Gasteiger partial charge in [-0.05, 0) is 49.4 Å². The Hall–Kier alpha value is -1.53. The molecule has 0 aliphatic rings. The molecule has 0 fully saturated rings. The number of benzene rings is 1. The number of nitrogens with zero attached hydrogens (tertiary/aromatic N) is 1. The number of aryl methyl sites for hydroxylation is 1. The average Bonchev–Trinajstić information content (AvgIpc) is 2.48. The lowest BCUT2D eigenvalue weighted by atomic mass is 10.1. The number of nitrogens with one attached hydrogen (secondary N) is 1. The molecule has 0 saturated carbocycles. The third-order valence-corrected chi connectivity index (χ3v) is 5.57. The molecule has 0 atom stereocenters. The van der Waals surface area contributed by atoms with E-state index in [4.69, 9.17) is 0 Å². The molecule has 1 aromatic carbocycles. The highest BCUT2D eigenvalue weighted by Crippen LogP contribution is 2.30. The maximum atomic E-state index is 11.5. The highest BCUT2D eigenvalue weighted by molar-refractivity contribution is 7.98.